The van der Waals surface area contributed by atoms with E-state index in [-0.39, 0.29) is 0 Å². The second-order valence-corrected chi connectivity index (χ2v) is 4.69. The van der Waals surface area contributed by atoms with Gasteiger partial charge >= 0.3 is 0 Å². The first kappa shape index (κ1) is 9.44. The van der Waals surface area contributed by atoms with Crippen molar-refractivity contribution in [3.8, 4) is 0 Å². The van der Waals surface area contributed by atoms with Crippen LogP contribution in [-0.4, -0.2) is 49.2 Å². The molecule has 2 aliphatic rings. The number of piperazine rings is 1. The molecule has 3 heteroatoms. The highest BCUT2D eigenvalue weighted by Crippen LogP contribution is 2.26. The first-order chi connectivity index (χ1) is 6.24. The SMILES string of the molecule is CC1CC(NN2CCN(C)CC2)C1. The second-order valence-electron chi connectivity index (χ2n) is 4.69. The predicted molar refractivity (Wildman–Crippen MR) is 54.4 cm³/mol. The third-order valence-corrected chi connectivity index (χ3v) is 3.24. The Morgan fingerprint density at radius 1 is 1.08 bits per heavy atom. The van der Waals surface area contributed by atoms with Crippen molar-refractivity contribution in [3.63, 3.8) is 0 Å². The van der Waals surface area contributed by atoms with Crippen LogP contribution in [-0.2, 0) is 0 Å². The van der Waals surface area contributed by atoms with E-state index >= 15 is 0 Å². The average molecular weight is 183 g/mol. The number of nitrogens with one attached hydrogen (secondary N) is 1. The number of hydrogen-bond acceptors (Lipinski definition) is 3. The number of hydrogen-bond donors (Lipinski definition) is 1. The van der Waals surface area contributed by atoms with E-state index in [0.717, 1.165) is 12.0 Å². The standard InChI is InChI=1S/C10H21N3/c1-9-7-10(8-9)11-13-5-3-12(2)4-6-13/h9-11H,3-8H2,1-2H3. The molecule has 0 aromatic heterocycles. The number of likely N-dealkylation sites (N-methyl/N-ethyl adjacent to an activating group) is 1. The van der Waals surface area contributed by atoms with Gasteiger partial charge in [-0.1, -0.05) is 6.92 Å². The van der Waals surface area contributed by atoms with Crippen LogP contribution < -0.4 is 5.43 Å². The van der Waals surface area contributed by atoms with Crippen molar-refractivity contribution in [2.24, 2.45) is 5.92 Å². The van der Waals surface area contributed by atoms with E-state index in [0.29, 0.717) is 0 Å². The highest BCUT2D eigenvalue weighted by atomic mass is 15.5. The molecule has 0 bridgehead atoms. The number of hydrazine groups is 1. The largest absolute Gasteiger partial charge is 0.304 e. The van der Waals surface area contributed by atoms with E-state index in [4.69, 9.17) is 0 Å². The summed E-state index contributed by atoms with van der Waals surface area (Å²) in [6, 6.07) is 0.776. The van der Waals surface area contributed by atoms with E-state index in [9.17, 15) is 0 Å². The summed E-state index contributed by atoms with van der Waals surface area (Å²) in [5, 5.41) is 2.40. The van der Waals surface area contributed by atoms with Gasteiger partial charge in [0.15, 0.2) is 0 Å². The summed E-state index contributed by atoms with van der Waals surface area (Å²) in [4.78, 5) is 2.39. The van der Waals surface area contributed by atoms with Crippen LogP contribution in [0.5, 0.6) is 0 Å². The smallest absolute Gasteiger partial charge is 0.0259 e. The van der Waals surface area contributed by atoms with Gasteiger partial charge in [0.1, 0.15) is 0 Å². The van der Waals surface area contributed by atoms with E-state index in [1.807, 2.05) is 0 Å². The van der Waals surface area contributed by atoms with Gasteiger partial charge in [0.25, 0.3) is 0 Å². The molecule has 0 unspecified atom stereocenters. The van der Waals surface area contributed by atoms with Gasteiger partial charge in [-0.05, 0) is 25.8 Å². The molecule has 0 aromatic carbocycles. The van der Waals surface area contributed by atoms with E-state index < -0.39 is 0 Å². The van der Waals surface area contributed by atoms with Crippen molar-refractivity contribution in [1.29, 1.82) is 0 Å². The van der Waals surface area contributed by atoms with Crippen molar-refractivity contribution in [1.82, 2.24) is 15.3 Å². The molecule has 0 spiro atoms. The number of nitrogens with zero attached hydrogens (tertiary/aromatic N) is 2. The topological polar surface area (TPSA) is 18.5 Å². The lowest BCUT2D eigenvalue weighted by Gasteiger charge is -2.40. The monoisotopic (exact) mass is 183 g/mol. The lowest BCUT2D eigenvalue weighted by atomic mass is 9.82. The van der Waals surface area contributed by atoms with Gasteiger partial charge < -0.3 is 4.90 Å². The second kappa shape index (κ2) is 3.95. The van der Waals surface area contributed by atoms with Crippen LogP contribution in [0.25, 0.3) is 0 Å². The molecule has 0 aromatic rings. The van der Waals surface area contributed by atoms with Crippen molar-refractivity contribution in [2.45, 2.75) is 25.8 Å². The number of rotatable bonds is 2. The molecule has 0 radical (unpaired) electrons. The fourth-order valence-corrected chi connectivity index (χ4v) is 2.20. The maximum Gasteiger partial charge on any atom is 0.0259 e. The molecule has 1 aliphatic carbocycles. The third kappa shape index (κ3) is 2.42. The molecule has 1 saturated carbocycles. The molecule has 1 N–H and O–H groups in total. The first-order valence-electron chi connectivity index (χ1n) is 5.43. The molecule has 0 atom stereocenters. The Labute approximate surface area is 81.1 Å². The zero-order valence-electron chi connectivity index (χ0n) is 8.79. The Hall–Kier alpha value is -0.120. The van der Waals surface area contributed by atoms with Crippen LogP contribution in [0.3, 0.4) is 0 Å². The molecule has 1 aliphatic heterocycles. The molecular weight excluding hydrogens is 162 g/mol. The molecular formula is C10H21N3. The van der Waals surface area contributed by atoms with Crippen LogP contribution in [0.1, 0.15) is 19.8 Å². The van der Waals surface area contributed by atoms with E-state index in [1.54, 1.807) is 0 Å². The Kier molecular flexibility index (Phi) is 2.86. The van der Waals surface area contributed by atoms with Gasteiger partial charge in [-0.25, -0.2) is 5.01 Å². The van der Waals surface area contributed by atoms with Crippen molar-refractivity contribution < 1.29 is 0 Å². The fourth-order valence-electron chi connectivity index (χ4n) is 2.20. The first-order valence-corrected chi connectivity index (χ1v) is 5.43. The van der Waals surface area contributed by atoms with Gasteiger partial charge in [0.05, 0.1) is 0 Å². The molecule has 1 saturated heterocycles. The van der Waals surface area contributed by atoms with Gasteiger partial charge in [0.2, 0.25) is 0 Å². The van der Waals surface area contributed by atoms with Gasteiger partial charge in [-0.3, -0.25) is 5.43 Å². The zero-order valence-corrected chi connectivity index (χ0v) is 8.79. The minimum atomic E-state index is 0.776. The molecule has 0 amide bonds. The minimum Gasteiger partial charge on any atom is -0.304 e. The maximum absolute atomic E-state index is 3.61. The molecule has 3 nitrogen and oxygen atoms in total. The zero-order chi connectivity index (χ0) is 9.26. The Bertz CT molecular complexity index is 158. The quantitative estimate of drug-likeness (QED) is 0.674. The van der Waals surface area contributed by atoms with Gasteiger partial charge in [0, 0.05) is 32.2 Å². The molecule has 2 rings (SSSR count). The minimum absolute atomic E-state index is 0.776. The van der Waals surface area contributed by atoms with Crippen LogP contribution in [0.2, 0.25) is 0 Å². The van der Waals surface area contributed by atoms with Crippen LogP contribution >= 0.6 is 0 Å². The highest BCUT2D eigenvalue weighted by molar-refractivity contribution is 4.82. The van der Waals surface area contributed by atoms with Gasteiger partial charge in [-0.15, -0.1) is 0 Å². The van der Waals surface area contributed by atoms with Crippen LogP contribution in [0.15, 0.2) is 0 Å². The summed E-state index contributed by atoms with van der Waals surface area (Å²) in [7, 11) is 2.20. The average Bonchev–Trinajstić information content (AvgIpc) is 2.06. The van der Waals surface area contributed by atoms with Gasteiger partial charge in [-0.2, -0.15) is 0 Å². The third-order valence-electron chi connectivity index (χ3n) is 3.24. The normalized spacial score (nSPS) is 37.4. The van der Waals surface area contributed by atoms with Crippen molar-refractivity contribution in [2.75, 3.05) is 33.2 Å². The maximum atomic E-state index is 3.61. The van der Waals surface area contributed by atoms with Crippen molar-refractivity contribution >= 4 is 0 Å². The summed E-state index contributed by atoms with van der Waals surface area (Å²) in [5.41, 5.74) is 3.61. The van der Waals surface area contributed by atoms with E-state index in [2.05, 4.69) is 29.3 Å². The lowest BCUT2D eigenvalue weighted by Crippen LogP contribution is -2.56. The summed E-state index contributed by atoms with van der Waals surface area (Å²) in [6.07, 6.45) is 2.73. The molecule has 13 heavy (non-hydrogen) atoms. The summed E-state index contributed by atoms with van der Waals surface area (Å²) in [5.74, 6) is 0.949. The Morgan fingerprint density at radius 2 is 1.69 bits per heavy atom. The Balaban J connectivity index is 1.65. The van der Waals surface area contributed by atoms with E-state index in [1.165, 1.54) is 39.0 Å². The van der Waals surface area contributed by atoms with Crippen molar-refractivity contribution in [3.05, 3.63) is 0 Å². The van der Waals surface area contributed by atoms with Crippen LogP contribution in [0.4, 0.5) is 0 Å². The summed E-state index contributed by atoms with van der Waals surface area (Å²) < 4.78 is 0. The fraction of sp³-hybridized carbons (Fsp3) is 1.00. The molecule has 1 heterocycles. The Morgan fingerprint density at radius 3 is 2.23 bits per heavy atom. The summed E-state index contributed by atoms with van der Waals surface area (Å²) >= 11 is 0. The molecule has 76 valence electrons. The summed E-state index contributed by atoms with van der Waals surface area (Å²) in [6.45, 7) is 7.11. The highest BCUT2D eigenvalue weighted by Gasteiger charge is 2.27. The van der Waals surface area contributed by atoms with Crippen LogP contribution in [0, 0.1) is 5.92 Å². The predicted octanol–water partition coefficient (Wildman–Crippen LogP) is 0.537. The molecule has 2 fully saturated rings. The lowest BCUT2D eigenvalue weighted by molar-refractivity contribution is 0.0545.